The normalized spacial score (nSPS) is 25.5. The van der Waals surface area contributed by atoms with E-state index in [0.29, 0.717) is 5.92 Å². The maximum Gasteiger partial charge on any atom is 0.159 e. The van der Waals surface area contributed by atoms with Crippen molar-refractivity contribution >= 4 is 13.3 Å². The fourth-order valence-corrected chi connectivity index (χ4v) is 13.0. The van der Waals surface area contributed by atoms with Crippen LogP contribution in [0.25, 0.3) is 11.1 Å². The zero-order chi connectivity index (χ0) is 27.1. The summed E-state index contributed by atoms with van der Waals surface area (Å²) in [6.07, 6.45) is 15.2. The lowest BCUT2D eigenvalue weighted by molar-refractivity contribution is 0.280. The first-order valence-electron chi connectivity index (χ1n) is 15.7. The summed E-state index contributed by atoms with van der Waals surface area (Å²) in [4.78, 5) is 0. The van der Waals surface area contributed by atoms with Crippen LogP contribution in [0.5, 0.6) is 0 Å². The fourth-order valence-electron chi connectivity index (χ4n) is 7.59. The molecule has 1 saturated carbocycles. The number of rotatable bonds is 10. The highest BCUT2D eigenvalue weighted by Gasteiger charge is 2.38. The molecule has 208 valence electrons. The number of halogens is 2. The van der Waals surface area contributed by atoms with Gasteiger partial charge in [-0.05, 0) is 72.3 Å². The van der Waals surface area contributed by atoms with Crippen LogP contribution >= 0.6 is 0 Å². The van der Waals surface area contributed by atoms with Crippen molar-refractivity contribution in [1.82, 2.24) is 0 Å². The molecular formula is C36H46F2Si. The SMILES string of the molecule is CCCCC[Si]1(c2ccccc2)CCC(CCC2CCC(c3ccc(-c4ccc(F)c(F)c4)cc3)CC2)CC1. The molecule has 0 N–H and O–H groups in total. The molecular weight excluding hydrogens is 498 g/mol. The molecule has 39 heavy (non-hydrogen) atoms. The molecule has 3 aromatic rings. The largest absolute Gasteiger partial charge is 0.204 e. The second-order valence-corrected chi connectivity index (χ2v) is 17.2. The maximum atomic E-state index is 13.6. The van der Waals surface area contributed by atoms with Crippen LogP contribution in [0.15, 0.2) is 72.8 Å². The first-order valence-corrected chi connectivity index (χ1v) is 18.3. The Labute approximate surface area is 236 Å². The Morgan fingerprint density at radius 2 is 1.31 bits per heavy atom. The third kappa shape index (κ3) is 7.09. The summed E-state index contributed by atoms with van der Waals surface area (Å²) in [6.45, 7) is 2.33. The first-order chi connectivity index (χ1) is 19.1. The van der Waals surface area contributed by atoms with Crippen molar-refractivity contribution in [1.29, 1.82) is 0 Å². The smallest absolute Gasteiger partial charge is 0.159 e. The van der Waals surface area contributed by atoms with Crippen molar-refractivity contribution in [3.8, 4) is 11.1 Å². The minimum atomic E-state index is -1.32. The molecule has 2 fully saturated rings. The van der Waals surface area contributed by atoms with Gasteiger partial charge < -0.3 is 0 Å². The van der Waals surface area contributed by atoms with Crippen LogP contribution in [0.3, 0.4) is 0 Å². The number of unbranched alkanes of at least 4 members (excludes halogenated alkanes) is 2. The van der Waals surface area contributed by atoms with Crippen LogP contribution in [0.1, 0.15) is 89.0 Å². The van der Waals surface area contributed by atoms with Crippen LogP contribution in [0, 0.1) is 23.5 Å². The lowest BCUT2D eigenvalue weighted by Crippen LogP contribution is -2.50. The quantitative estimate of drug-likeness (QED) is 0.176. The van der Waals surface area contributed by atoms with E-state index in [0.717, 1.165) is 23.0 Å². The molecule has 0 atom stereocenters. The molecule has 0 amide bonds. The van der Waals surface area contributed by atoms with E-state index in [9.17, 15) is 8.78 Å². The Hall–Kier alpha value is -2.26. The highest BCUT2D eigenvalue weighted by atomic mass is 28.3. The molecule has 0 unspecified atom stereocenters. The third-order valence-electron chi connectivity index (χ3n) is 10.2. The van der Waals surface area contributed by atoms with Crippen LogP contribution in [0.2, 0.25) is 18.1 Å². The van der Waals surface area contributed by atoms with Gasteiger partial charge in [-0.25, -0.2) is 8.78 Å². The lowest BCUT2D eigenvalue weighted by atomic mass is 9.76. The van der Waals surface area contributed by atoms with E-state index < -0.39 is 19.7 Å². The minimum absolute atomic E-state index is 0.635. The van der Waals surface area contributed by atoms with Crippen LogP contribution in [-0.4, -0.2) is 8.07 Å². The molecule has 0 bridgehead atoms. The standard InChI is InChI=1S/C36H46F2Si/c1-2-3-7-24-39(34-8-5-4-6-9-34)25-22-29(23-26-39)11-10-28-12-14-30(15-13-28)31-16-18-32(19-17-31)33-20-21-35(37)36(38)27-33/h4-6,8-9,16-21,27-30H,2-3,7,10-15,22-26H2,1H3. The molecule has 5 rings (SSSR count). The number of hydrogen-bond donors (Lipinski definition) is 0. The number of benzene rings is 3. The summed E-state index contributed by atoms with van der Waals surface area (Å²) in [5.74, 6) is 0.899. The monoisotopic (exact) mass is 544 g/mol. The number of hydrogen-bond acceptors (Lipinski definition) is 0. The Balaban J connectivity index is 1.08. The van der Waals surface area contributed by atoms with E-state index in [1.165, 1.54) is 106 Å². The average Bonchev–Trinajstić information content (AvgIpc) is 2.99. The summed E-state index contributed by atoms with van der Waals surface area (Å²) in [7, 11) is -1.32. The Morgan fingerprint density at radius 3 is 1.95 bits per heavy atom. The summed E-state index contributed by atoms with van der Waals surface area (Å²) in [5.41, 5.74) is 3.08. The second kappa shape index (κ2) is 13.4. The summed E-state index contributed by atoms with van der Waals surface area (Å²) >= 11 is 0. The van der Waals surface area contributed by atoms with Gasteiger partial charge in [-0.15, -0.1) is 0 Å². The molecule has 1 heterocycles. The summed E-state index contributed by atoms with van der Waals surface area (Å²) in [5, 5.41) is 1.73. The molecule has 1 aliphatic carbocycles. The van der Waals surface area contributed by atoms with Gasteiger partial charge in [0.15, 0.2) is 11.6 Å². The van der Waals surface area contributed by atoms with E-state index >= 15 is 0 Å². The van der Waals surface area contributed by atoms with Gasteiger partial charge in [0.1, 0.15) is 0 Å². The van der Waals surface area contributed by atoms with Gasteiger partial charge >= 0.3 is 0 Å². The molecule has 0 radical (unpaired) electrons. The van der Waals surface area contributed by atoms with E-state index in [4.69, 9.17) is 0 Å². The van der Waals surface area contributed by atoms with Gasteiger partial charge in [0.25, 0.3) is 0 Å². The Morgan fingerprint density at radius 1 is 0.667 bits per heavy atom. The molecule has 1 aliphatic heterocycles. The summed E-state index contributed by atoms with van der Waals surface area (Å²) in [6, 6.07) is 28.9. The molecule has 3 heteroatoms. The Kier molecular flexibility index (Phi) is 9.71. The average molecular weight is 545 g/mol. The van der Waals surface area contributed by atoms with Crippen molar-refractivity contribution in [2.45, 2.75) is 102 Å². The van der Waals surface area contributed by atoms with Crippen molar-refractivity contribution < 1.29 is 8.78 Å². The van der Waals surface area contributed by atoms with Gasteiger partial charge in [0.05, 0.1) is 8.07 Å². The molecule has 3 aromatic carbocycles. The van der Waals surface area contributed by atoms with Gasteiger partial charge in [-0.2, -0.15) is 0 Å². The summed E-state index contributed by atoms with van der Waals surface area (Å²) < 4.78 is 26.9. The van der Waals surface area contributed by atoms with Gasteiger partial charge in [0.2, 0.25) is 0 Å². The molecule has 0 aromatic heterocycles. The first kappa shape index (κ1) is 28.3. The van der Waals surface area contributed by atoms with Crippen molar-refractivity contribution in [3.63, 3.8) is 0 Å². The van der Waals surface area contributed by atoms with E-state index in [2.05, 4.69) is 61.5 Å². The molecule has 2 aliphatic rings. The van der Waals surface area contributed by atoms with E-state index in [-0.39, 0.29) is 0 Å². The highest BCUT2D eigenvalue weighted by molar-refractivity contribution is 6.92. The van der Waals surface area contributed by atoms with E-state index in [1.54, 1.807) is 11.3 Å². The predicted molar refractivity (Wildman–Crippen MR) is 164 cm³/mol. The van der Waals surface area contributed by atoms with Crippen molar-refractivity contribution in [2.75, 3.05) is 0 Å². The van der Waals surface area contributed by atoms with Gasteiger partial charge in [0, 0.05) is 0 Å². The van der Waals surface area contributed by atoms with Gasteiger partial charge in [-0.3, -0.25) is 0 Å². The zero-order valence-corrected chi connectivity index (χ0v) is 24.8. The second-order valence-electron chi connectivity index (χ2n) is 12.6. The van der Waals surface area contributed by atoms with Crippen LogP contribution in [0.4, 0.5) is 8.78 Å². The van der Waals surface area contributed by atoms with Crippen LogP contribution in [-0.2, 0) is 0 Å². The predicted octanol–water partition coefficient (Wildman–Crippen LogP) is 10.6. The Bertz CT molecular complexity index is 1160. The van der Waals surface area contributed by atoms with Crippen molar-refractivity contribution in [3.05, 3.63) is 90.0 Å². The maximum absolute atomic E-state index is 13.6. The van der Waals surface area contributed by atoms with Gasteiger partial charge in [-0.1, -0.05) is 136 Å². The van der Waals surface area contributed by atoms with Crippen LogP contribution < -0.4 is 5.19 Å². The third-order valence-corrected chi connectivity index (χ3v) is 15.5. The fraction of sp³-hybridized carbons (Fsp3) is 0.500. The van der Waals surface area contributed by atoms with Crippen molar-refractivity contribution in [2.24, 2.45) is 11.8 Å². The molecule has 1 saturated heterocycles. The topological polar surface area (TPSA) is 0 Å². The molecule has 0 spiro atoms. The lowest BCUT2D eigenvalue weighted by Gasteiger charge is -2.40. The zero-order valence-electron chi connectivity index (χ0n) is 23.8. The van der Waals surface area contributed by atoms with E-state index in [1.807, 2.05) is 0 Å². The minimum Gasteiger partial charge on any atom is -0.204 e. The molecule has 0 nitrogen and oxygen atoms in total. The highest BCUT2D eigenvalue weighted by Crippen LogP contribution is 2.42.